The zero-order valence-corrected chi connectivity index (χ0v) is 11.9. The monoisotopic (exact) mass is 299 g/mol. The maximum Gasteiger partial charge on any atom is 0.307 e. The average molecular weight is 299 g/mol. The highest BCUT2D eigenvalue weighted by Gasteiger charge is 2.21. The van der Waals surface area contributed by atoms with E-state index in [1.54, 1.807) is 0 Å². The van der Waals surface area contributed by atoms with E-state index in [2.05, 4.69) is 17.1 Å². The summed E-state index contributed by atoms with van der Waals surface area (Å²) in [5.41, 5.74) is -0.708. The Morgan fingerprint density at radius 1 is 1.33 bits per heavy atom. The summed E-state index contributed by atoms with van der Waals surface area (Å²) in [6, 6.07) is 1.55. The normalized spacial score (nSPS) is 20.0. The molecule has 0 saturated carbocycles. The number of halogens is 2. The first-order chi connectivity index (χ1) is 10.0. The molecule has 5 nitrogen and oxygen atoms in total. The largest absolute Gasteiger partial charge is 0.380 e. The third-order valence-electron chi connectivity index (χ3n) is 3.86. The number of nitro groups is 1. The zero-order chi connectivity index (χ0) is 15.4. The highest BCUT2D eigenvalue weighted by molar-refractivity contribution is 5.53. The summed E-state index contributed by atoms with van der Waals surface area (Å²) in [7, 11) is 0. The van der Waals surface area contributed by atoms with Crippen LogP contribution in [0, 0.1) is 21.7 Å². The lowest BCUT2D eigenvalue weighted by molar-refractivity contribution is -0.387. The quantitative estimate of drug-likeness (QED) is 0.685. The van der Waals surface area contributed by atoms with Crippen LogP contribution in [0.15, 0.2) is 12.1 Å². The molecular weight excluding hydrogens is 280 g/mol. The van der Waals surface area contributed by atoms with Crippen molar-refractivity contribution in [2.45, 2.75) is 32.2 Å². The summed E-state index contributed by atoms with van der Waals surface area (Å²) in [5, 5.41) is 13.7. The average Bonchev–Trinajstić information content (AvgIpc) is 2.66. The van der Waals surface area contributed by atoms with E-state index in [9.17, 15) is 18.9 Å². The molecule has 1 aromatic carbocycles. The molecular formula is C14H19F2N3O2. The molecule has 1 aliphatic heterocycles. The third-order valence-corrected chi connectivity index (χ3v) is 3.86. The third kappa shape index (κ3) is 3.87. The smallest absolute Gasteiger partial charge is 0.307 e. The Kier molecular flexibility index (Phi) is 5.06. The number of nitrogens with zero attached hydrogens (tertiary/aromatic N) is 2. The standard InChI is InChI=1S/C14H19F2N3O2/c1-2-18-6-3-4-10(5-7-18)17-13-9-14(19(20)21)12(16)8-11(13)15/h8-10,17H,2-7H2,1H3. The molecule has 1 N–H and O–H groups in total. The number of likely N-dealkylation sites (tertiary alicyclic amines) is 1. The summed E-state index contributed by atoms with van der Waals surface area (Å²) in [4.78, 5) is 12.2. The van der Waals surface area contributed by atoms with Crippen LogP contribution in [0.5, 0.6) is 0 Å². The second-order valence-corrected chi connectivity index (χ2v) is 5.25. The van der Waals surface area contributed by atoms with Crippen LogP contribution in [-0.2, 0) is 0 Å². The Balaban J connectivity index is 2.12. The van der Waals surface area contributed by atoms with Crippen molar-refractivity contribution in [3.63, 3.8) is 0 Å². The number of benzene rings is 1. The molecule has 0 aromatic heterocycles. The van der Waals surface area contributed by atoms with Crippen molar-refractivity contribution in [3.05, 3.63) is 33.9 Å². The minimum Gasteiger partial charge on any atom is -0.380 e. The number of nitrogens with one attached hydrogen (secondary N) is 1. The van der Waals surface area contributed by atoms with Crippen LogP contribution >= 0.6 is 0 Å². The topological polar surface area (TPSA) is 58.4 Å². The molecule has 1 aliphatic rings. The molecule has 1 atom stereocenters. The number of nitro benzene ring substituents is 1. The second-order valence-electron chi connectivity index (χ2n) is 5.25. The number of hydrogen-bond acceptors (Lipinski definition) is 4. The van der Waals surface area contributed by atoms with Gasteiger partial charge in [-0.1, -0.05) is 6.92 Å². The van der Waals surface area contributed by atoms with Gasteiger partial charge in [0.05, 0.1) is 10.6 Å². The maximum atomic E-state index is 13.8. The van der Waals surface area contributed by atoms with Crippen LogP contribution in [0.1, 0.15) is 26.2 Å². The Hall–Kier alpha value is -1.76. The van der Waals surface area contributed by atoms with Gasteiger partial charge in [-0.25, -0.2) is 4.39 Å². The number of anilines is 1. The van der Waals surface area contributed by atoms with Crippen LogP contribution in [0.3, 0.4) is 0 Å². The first-order valence-electron chi connectivity index (χ1n) is 7.13. The first-order valence-corrected chi connectivity index (χ1v) is 7.13. The van der Waals surface area contributed by atoms with Gasteiger partial charge in [0.1, 0.15) is 5.82 Å². The fourth-order valence-electron chi connectivity index (χ4n) is 2.62. The molecule has 1 heterocycles. The molecule has 116 valence electrons. The van der Waals surface area contributed by atoms with Crippen LogP contribution in [0.2, 0.25) is 0 Å². The SMILES string of the molecule is CCN1CCCC(Nc2cc([N+](=O)[O-])c(F)cc2F)CC1. The minimum atomic E-state index is -1.15. The van der Waals surface area contributed by atoms with E-state index in [0.29, 0.717) is 6.07 Å². The summed E-state index contributed by atoms with van der Waals surface area (Å²) < 4.78 is 27.1. The molecule has 0 aliphatic carbocycles. The van der Waals surface area contributed by atoms with Crippen molar-refractivity contribution in [3.8, 4) is 0 Å². The van der Waals surface area contributed by atoms with Gasteiger partial charge in [0.25, 0.3) is 0 Å². The molecule has 1 unspecified atom stereocenters. The second kappa shape index (κ2) is 6.80. The molecule has 1 aromatic rings. The first kappa shape index (κ1) is 15.6. The Morgan fingerprint density at radius 2 is 2.10 bits per heavy atom. The van der Waals surface area contributed by atoms with Gasteiger partial charge in [0.15, 0.2) is 0 Å². The predicted octanol–water partition coefficient (Wildman–Crippen LogP) is 3.16. The molecule has 2 rings (SSSR count). The van der Waals surface area contributed by atoms with Crippen molar-refractivity contribution in [2.24, 2.45) is 0 Å². The Labute approximate surface area is 122 Å². The number of hydrogen-bond donors (Lipinski definition) is 1. The van der Waals surface area contributed by atoms with Crippen molar-refractivity contribution in [1.29, 1.82) is 0 Å². The molecule has 0 amide bonds. The molecule has 1 saturated heterocycles. The summed E-state index contributed by atoms with van der Waals surface area (Å²) in [5.74, 6) is -1.95. The fourth-order valence-corrected chi connectivity index (χ4v) is 2.62. The maximum absolute atomic E-state index is 13.8. The summed E-state index contributed by atoms with van der Waals surface area (Å²) in [6.07, 6.45) is 2.68. The van der Waals surface area contributed by atoms with Gasteiger partial charge in [0, 0.05) is 24.7 Å². The lowest BCUT2D eigenvalue weighted by atomic mass is 10.1. The summed E-state index contributed by atoms with van der Waals surface area (Å²) >= 11 is 0. The molecule has 21 heavy (non-hydrogen) atoms. The van der Waals surface area contributed by atoms with Crippen molar-refractivity contribution in [1.82, 2.24) is 4.90 Å². The highest BCUT2D eigenvalue weighted by Crippen LogP contribution is 2.27. The van der Waals surface area contributed by atoms with E-state index in [1.807, 2.05) is 0 Å². The zero-order valence-electron chi connectivity index (χ0n) is 11.9. The number of rotatable bonds is 4. The minimum absolute atomic E-state index is 0.00181. The lowest BCUT2D eigenvalue weighted by Gasteiger charge is -2.19. The van der Waals surface area contributed by atoms with Crippen LogP contribution in [0.25, 0.3) is 0 Å². The van der Waals surface area contributed by atoms with Gasteiger partial charge < -0.3 is 10.2 Å². The van der Waals surface area contributed by atoms with Crippen molar-refractivity contribution >= 4 is 11.4 Å². The lowest BCUT2D eigenvalue weighted by Crippen LogP contribution is -2.26. The van der Waals surface area contributed by atoms with Gasteiger partial charge >= 0.3 is 5.69 Å². The van der Waals surface area contributed by atoms with E-state index in [4.69, 9.17) is 0 Å². The van der Waals surface area contributed by atoms with Crippen LogP contribution in [-0.4, -0.2) is 35.5 Å². The van der Waals surface area contributed by atoms with Gasteiger partial charge in [-0.2, -0.15) is 4.39 Å². The van der Waals surface area contributed by atoms with Crippen molar-refractivity contribution < 1.29 is 13.7 Å². The predicted molar refractivity (Wildman–Crippen MR) is 76.4 cm³/mol. The van der Waals surface area contributed by atoms with E-state index >= 15 is 0 Å². The van der Waals surface area contributed by atoms with E-state index in [-0.39, 0.29) is 11.7 Å². The molecule has 7 heteroatoms. The van der Waals surface area contributed by atoms with E-state index < -0.39 is 22.2 Å². The van der Waals surface area contributed by atoms with E-state index in [1.165, 1.54) is 0 Å². The summed E-state index contributed by atoms with van der Waals surface area (Å²) in [6.45, 7) is 4.97. The van der Waals surface area contributed by atoms with Gasteiger partial charge in [0.2, 0.25) is 5.82 Å². The van der Waals surface area contributed by atoms with Crippen molar-refractivity contribution in [2.75, 3.05) is 25.0 Å². The van der Waals surface area contributed by atoms with Crippen LogP contribution in [0.4, 0.5) is 20.2 Å². The van der Waals surface area contributed by atoms with E-state index in [0.717, 1.165) is 45.0 Å². The van der Waals surface area contributed by atoms with Gasteiger partial charge in [-0.15, -0.1) is 0 Å². The Morgan fingerprint density at radius 3 is 2.76 bits per heavy atom. The van der Waals surface area contributed by atoms with Gasteiger partial charge in [-0.3, -0.25) is 10.1 Å². The fraction of sp³-hybridized carbons (Fsp3) is 0.571. The highest BCUT2D eigenvalue weighted by atomic mass is 19.1. The van der Waals surface area contributed by atoms with Crippen LogP contribution < -0.4 is 5.32 Å². The molecule has 1 fully saturated rings. The molecule has 0 spiro atoms. The molecule has 0 radical (unpaired) electrons. The Bertz CT molecular complexity index is 525. The van der Waals surface area contributed by atoms with Gasteiger partial charge in [-0.05, 0) is 32.4 Å². The molecule has 0 bridgehead atoms.